The molecule has 3 heterocycles. The van der Waals surface area contributed by atoms with Gasteiger partial charge in [-0.3, -0.25) is 24.6 Å². The number of benzene rings is 1. The van der Waals surface area contributed by atoms with Crippen molar-refractivity contribution in [3.63, 3.8) is 0 Å². The molecule has 7 heteroatoms. The van der Waals surface area contributed by atoms with Gasteiger partial charge in [0.1, 0.15) is 5.54 Å². The molecule has 0 aromatic heterocycles. The SMILES string of the molecule is Cc1cc(C)c2c(c1)[C@@]1(N[C@@H]([C@H](C)O)[C@H]3C(=O)N(C4CCCCCC4)C(=O)[C@H]31)C(=O)N2. The minimum absolute atomic E-state index is 0.108. The lowest BCUT2D eigenvalue weighted by molar-refractivity contribution is -0.146. The van der Waals surface area contributed by atoms with E-state index in [1.54, 1.807) is 6.92 Å². The van der Waals surface area contributed by atoms with Crippen molar-refractivity contribution in [1.82, 2.24) is 10.2 Å². The summed E-state index contributed by atoms with van der Waals surface area (Å²) in [6, 6.07) is 3.16. The minimum atomic E-state index is -1.33. The van der Waals surface area contributed by atoms with E-state index in [-0.39, 0.29) is 23.8 Å². The fourth-order valence-corrected chi connectivity index (χ4v) is 6.50. The molecule has 3 aliphatic heterocycles. The molecule has 3 fully saturated rings. The van der Waals surface area contributed by atoms with Crippen molar-refractivity contribution in [2.75, 3.05) is 5.32 Å². The Morgan fingerprint density at radius 3 is 2.39 bits per heavy atom. The summed E-state index contributed by atoms with van der Waals surface area (Å²) < 4.78 is 0. The van der Waals surface area contributed by atoms with E-state index in [1.165, 1.54) is 4.90 Å². The molecular weight excluding hydrogens is 394 g/mol. The zero-order valence-corrected chi connectivity index (χ0v) is 18.4. The number of nitrogens with one attached hydrogen (secondary N) is 2. The quantitative estimate of drug-likeness (QED) is 0.498. The molecule has 3 amide bonds. The Bertz CT molecular complexity index is 966. The minimum Gasteiger partial charge on any atom is -0.392 e. The molecular formula is C24H31N3O4. The molecule has 1 aliphatic carbocycles. The number of carbonyl (C=O) groups excluding carboxylic acids is 3. The van der Waals surface area contributed by atoms with Crippen molar-refractivity contribution in [2.24, 2.45) is 11.8 Å². The number of aliphatic hydroxyl groups is 1. The standard InChI is InChI=1S/C24H31N3O4/c1-12-10-13(2)19-16(11-12)24(23(31)25-19)18-17(20(26-24)14(3)28)21(29)27(22(18)30)15-8-6-4-5-7-9-15/h10-11,14-15,17-18,20,26,28H,4-9H2,1-3H3,(H,25,31)/t14-,17-,18-,20-,24-/m0/s1. The van der Waals surface area contributed by atoms with Gasteiger partial charge >= 0.3 is 0 Å². The molecule has 2 saturated heterocycles. The van der Waals surface area contributed by atoms with E-state index >= 15 is 0 Å². The van der Waals surface area contributed by atoms with Gasteiger partial charge in [0.2, 0.25) is 17.7 Å². The number of rotatable bonds is 2. The fraction of sp³-hybridized carbons (Fsp3) is 0.625. The first-order valence-corrected chi connectivity index (χ1v) is 11.5. The zero-order chi connectivity index (χ0) is 22.1. The first kappa shape index (κ1) is 20.6. The molecule has 0 bridgehead atoms. The van der Waals surface area contributed by atoms with Crippen LogP contribution in [0.25, 0.3) is 0 Å². The van der Waals surface area contributed by atoms with E-state index in [0.29, 0.717) is 5.69 Å². The Kier molecular flexibility index (Phi) is 4.75. The highest BCUT2D eigenvalue weighted by atomic mass is 16.3. The number of hydrogen-bond acceptors (Lipinski definition) is 5. The first-order valence-electron chi connectivity index (χ1n) is 11.5. The van der Waals surface area contributed by atoms with Crippen molar-refractivity contribution in [3.05, 3.63) is 28.8 Å². The van der Waals surface area contributed by atoms with Crippen LogP contribution in [0.15, 0.2) is 12.1 Å². The summed E-state index contributed by atoms with van der Waals surface area (Å²) in [6.07, 6.45) is 5.01. The molecule has 1 saturated carbocycles. The molecule has 5 rings (SSSR count). The normalized spacial score (nSPS) is 34.1. The highest BCUT2D eigenvalue weighted by Crippen LogP contribution is 2.54. The summed E-state index contributed by atoms with van der Waals surface area (Å²) in [5, 5.41) is 16.8. The van der Waals surface area contributed by atoms with Crippen molar-refractivity contribution >= 4 is 23.4 Å². The molecule has 4 aliphatic rings. The van der Waals surface area contributed by atoms with Gasteiger partial charge in [0.05, 0.1) is 17.9 Å². The number of anilines is 1. The van der Waals surface area contributed by atoms with Crippen LogP contribution >= 0.6 is 0 Å². The van der Waals surface area contributed by atoms with Crippen molar-refractivity contribution < 1.29 is 19.5 Å². The molecule has 0 unspecified atom stereocenters. The van der Waals surface area contributed by atoms with Gasteiger partial charge in [-0.25, -0.2) is 0 Å². The van der Waals surface area contributed by atoms with E-state index in [1.807, 2.05) is 26.0 Å². The molecule has 1 aromatic carbocycles. The average molecular weight is 426 g/mol. The van der Waals surface area contributed by atoms with E-state index in [2.05, 4.69) is 10.6 Å². The summed E-state index contributed by atoms with van der Waals surface area (Å²) >= 11 is 0. The zero-order valence-electron chi connectivity index (χ0n) is 18.4. The second-order valence-corrected chi connectivity index (χ2v) is 9.87. The van der Waals surface area contributed by atoms with Crippen LogP contribution in [0, 0.1) is 25.7 Å². The second kappa shape index (κ2) is 7.14. The largest absolute Gasteiger partial charge is 0.392 e. The smallest absolute Gasteiger partial charge is 0.250 e. The molecule has 3 N–H and O–H groups in total. The Hall–Kier alpha value is -2.25. The van der Waals surface area contributed by atoms with Crippen LogP contribution in [0.3, 0.4) is 0 Å². The van der Waals surface area contributed by atoms with Crippen LogP contribution in [0.5, 0.6) is 0 Å². The summed E-state index contributed by atoms with van der Waals surface area (Å²) in [5.41, 5.74) is 2.02. The predicted molar refractivity (Wildman–Crippen MR) is 115 cm³/mol. The number of aryl methyl sites for hydroxylation is 2. The number of aliphatic hydroxyl groups excluding tert-OH is 1. The molecule has 5 atom stereocenters. The third-order valence-corrected chi connectivity index (χ3v) is 7.84. The topological polar surface area (TPSA) is 98.7 Å². The van der Waals surface area contributed by atoms with Gasteiger partial charge in [-0.15, -0.1) is 0 Å². The van der Waals surface area contributed by atoms with Crippen molar-refractivity contribution in [2.45, 2.75) is 83.0 Å². The van der Waals surface area contributed by atoms with Crippen LogP contribution in [0.4, 0.5) is 5.69 Å². The third kappa shape index (κ3) is 2.75. The Morgan fingerprint density at radius 2 is 1.74 bits per heavy atom. The molecule has 1 spiro atoms. The summed E-state index contributed by atoms with van der Waals surface area (Å²) in [6.45, 7) is 5.51. The van der Waals surface area contributed by atoms with Gasteiger partial charge in [0, 0.05) is 23.3 Å². The van der Waals surface area contributed by atoms with Gasteiger partial charge in [0.15, 0.2) is 0 Å². The number of fused-ring (bicyclic) bond motifs is 4. The maximum atomic E-state index is 13.9. The van der Waals surface area contributed by atoms with Gasteiger partial charge < -0.3 is 10.4 Å². The van der Waals surface area contributed by atoms with Gasteiger partial charge in [0.25, 0.3) is 0 Å². The molecule has 7 nitrogen and oxygen atoms in total. The predicted octanol–water partition coefficient (Wildman–Crippen LogP) is 2.13. The van der Waals surface area contributed by atoms with Crippen LogP contribution in [0.2, 0.25) is 0 Å². The molecule has 0 radical (unpaired) electrons. The highest BCUT2D eigenvalue weighted by molar-refractivity contribution is 6.15. The summed E-state index contributed by atoms with van der Waals surface area (Å²) in [7, 11) is 0. The third-order valence-electron chi connectivity index (χ3n) is 7.84. The van der Waals surface area contributed by atoms with Gasteiger partial charge in [-0.1, -0.05) is 43.4 Å². The summed E-state index contributed by atoms with van der Waals surface area (Å²) in [4.78, 5) is 42.5. The van der Waals surface area contributed by atoms with Crippen LogP contribution in [-0.4, -0.2) is 45.9 Å². The number of nitrogens with zero attached hydrogens (tertiary/aromatic N) is 1. The van der Waals surface area contributed by atoms with E-state index in [9.17, 15) is 19.5 Å². The monoisotopic (exact) mass is 425 g/mol. The van der Waals surface area contributed by atoms with E-state index in [4.69, 9.17) is 0 Å². The summed E-state index contributed by atoms with van der Waals surface area (Å²) in [5.74, 6) is -2.39. The average Bonchev–Trinajstić information content (AvgIpc) is 3.18. The first-order chi connectivity index (χ1) is 14.8. The molecule has 166 valence electrons. The van der Waals surface area contributed by atoms with Crippen LogP contribution < -0.4 is 10.6 Å². The fourth-order valence-electron chi connectivity index (χ4n) is 6.50. The maximum absolute atomic E-state index is 13.9. The second-order valence-electron chi connectivity index (χ2n) is 9.87. The van der Waals surface area contributed by atoms with Gasteiger partial charge in [-0.05, 0) is 39.2 Å². The van der Waals surface area contributed by atoms with Crippen LogP contribution in [0.1, 0.15) is 62.1 Å². The lowest BCUT2D eigenvalue weighted by atomic mass is 9.75. The number of carbonyl (C=O) groups is 3. The Labute approximate surface area is 182 Å². The van der Waals surface area contributed by atoms with Crippen molar-refractivity contribution in [1.29, 1.82) is 0 Å². The van der Waals surface area contributed by atoms with Crippen molar-refractivity contribution in [3.8, 4) is 0 Å². The molecule has 31 heavy (non-hydrogen) atoms. The Balaban J connectivity index is 1.65. The number of imide groups is 1. The highest BCUT2D eigenvalue weighted by Gasteiger charge is 2.71. The lowest BCUT2D eigenvalue weighted by Gasteiger charge is -2.32. The van der Waals surface area contributed by atoms with E-state index < -0.39 is 29.5 Å². The van der Waals surface area contributed by atoms with Crippen LogP contribution in [-0.2, 0) is 19.9 Å². The lowest BCUT2D eigenvalue weighted by Crippen LogP contribution is -2.55. The van der Waals surface area contributed by atoms with E-state index in [0.717, 1.165) is 55.2 Å². The Morgan fingerprint density at radius 1 is 1.06 bits per heavy atom. The maximum Gasteiger partial charge on any atom is 0.250 e. The number of likely N-dealkylation sites (tertiary alicyclic amines) is 1. The number of hydrogen-bond donors (Lipinski definition) is 3. The molecule has 1 aromatic rings. The van der Waals surface area contributed by atoms with Gasteiger partial charge in [-0.2, -0.15) is 0 Å². The number of amides is 3.